The monoisotopic (exact) mass is 545 g/mol. The van der Waals surface area contributed by atoms with Gasteiger partial charge in [0.2, 0.25) is 17.7 Å². The molecular weight excluding hydrogens is 526 g/mol. The average molecular weight is 546 g/mol. The number of rotatable bonds is 7. The smallest absolute Gasteiger partial charge is 0.328 e. The molecule has 10 nitrogen and oxygen atoms in total. The molecule has 4 rings (SSSR count). The highest BCUT2D eigenvalue weighted by Gasteiger charge is 2.33. The van der Waals surface area contributed by atoms with Gasteiger partial charge in [-0.3, -0.25) is 24.4 Å². The molecule has 5 N–H and O–H groups in total. The minimum Gasteiger partial charge on any atom is -0.494 e. The molecule has 2 amide bonds. The molecule has 1 saturated heterocycles. The molecule has 1 fully saturated rings. The Morgan fingerprint density at radius 2 is 1.94 bits per heavy atom. The largest absolute Gasteiger partial charge is 0.494 e. The molecule has 2 heterocycles. The van der Waals surface area contributed by atoms with Crippen LogP contribution in [0.2, 0.25) is 5.02 Å². The van der Waals surface area contributed by atoms with Crippen LogP contribution in [0.4, 0.5) is 5.69 Å². The van der Waals surface area contributed by atoms with Crippen LogP contribution in [0.3, 0.4) is 0 Å². The van der Waals surface area contributed by atoms with Gasteiger partial charge in [-0.15, -0.1) is 11.8 Å². The van der Waals surface area contributed by atoms with Crippen molar-refractivity contribution < 1.29 is 14.7 Å². The van der Waals surface area contributed by atoms with Crippen molar-refractivity contribution in [3.63, 3.8) is 0 Å². The summed E-state index contributed by atoms with van der Waals surface area (Å²) in [6.45, 7) is 0. The van der Waals surface area contributed by atoms with Crippen molar-refractivity contribution in [3.05, 3.63) is 85.5 Å². The summed E-state index contributed by atoms with van der Waals surface area (Å²) < 4.78 is 0. The van der Waals surface area contributed by atoms with E-state index in [9.17, 15) is 24.3 Å². The lowest BCUT2D eigenvalue weighted by atomic mass is 10.0. The molecule has 0 saturated carbocycles. The molecule has 186 valence electrons. The summed E-state index contributed by atoms with van der Waals surface area (Å²) in [4.78, 5) is 58.9. The third-order valence-electron chi connectivity index (χ3n) is 5.17. The summed E-state index contributed by atoms with van der Waals surface area (Å²) in [6.07, 6.45) is 1.83. The second-order valence-electron chi connectivity index (χ2n) is 7.64. The van der Waals surface area contributed by atoms with Crippen molar-refractivity contribution in [1.82, 2.24) is 15.3 Å². The number of H-pyrrole nitrogens is 2. The van der Waals surface area contributed by atoms with Crippen molar-refractivity contribution in [2.75, 3.05) is 11.6 Å². The van der Waals surface area contributed by atoms with Crippen LogP contribution in [0.1, 0.15) is 23.6 Å². The molecule has 1 aliphatic rings. The van der Waals surface area contributed by atoms with E-state index >= 15 is 0 Å². The van der Waals surface area contributed by atoms with E-state index < -0.39 is 34.3 Å². The van der Waals surface area contributed by atoms with E-state index in [1.165, 1.54) is 0 Å². The van der Waals surface area contributed by atoms with Crippen molar-refractivity contribution in [1.29, 1.82) is 0 Å². The zero-order chi connectivity index (χ0) is 25.8. The Kier molecular flexibility index (Phi) is 7.87. The van der Waals surface area contributed by atoms with Crippen molar-refractivity contribution >= 4 is 57.8 Å². The minimum atomic E-state index is -1.08. The van der Waals surface area contributed by atoms with E-state index in [4.69, 9.17) is 11.6 Å². The molecule has 36 heavy (non-hydrogen) atoms. The minimum absolute atomic E-state index is 0.102. The van der Waals surface area contributed by atoms with E-state index in [2.05, 4.69) is 25.6 Å². The van der Waals surface area contributed by atoms with Gasteiger partial charge in [0.1, 0.15) is 16.9 Å². The number of aliphatic imine (C=N–C) groups is 1. The number of nitrogens with zero attached hydrogens (tertiary/aromatic N) is 1. The molecule has 0 bridgehead atoms. The second-order valence-corrected chi connectivity index (χ2v) is 10.1. The lowest BCUT2D eigenvalue weighted by Crippen LogP contribution is -2.29. The summed E-state index contributed by atoms with van der Waals surface area (Å²) >= 11 is 8.55. The number of anilines is 1. The Morgan fingerprint density at radius 3 is 2.64 bits per heavy atom. The summed E-state index contributed by atoms with van der Waals surface area (Å²) in [7, 11) is 0. The number of amides is 2. The van der Waals surface area contributed by atoms with Crippen LogP contribution in [-0.2, 0) is 9.59 Å². The number of carbonyl (C=O) groups is 2. The SMILES string of the molecule is CSc1cccc(NC(=O)C[C@@H]2SC(=N[C@H](c3ccc(Cl)cc3)c3c(O)[nH]c(=O)[nH]c3=O)NC2=O)c1. The van der Waals surface area contributed by atoms with Crippen LogP contribution >= 0.6 is 35.1 Å². The summed E-state index contributed by atoms with van der Waals surface area (Å²) in [5.74, 6) is -1.40. The van der Waals surface area contributed by atoms with Crippen molar-refractivity contribution in [3.8, 4) is 5.88 Å². The van der Waals surface area contributed by atoms with Crippen LogP contribution in [0.5, 0.6) is 5.88 Å². The van der Waals surface area contributed by atoms with Gasteiger partial charge >= 0.3 is 5.69 Å². The lowest BCUT2D eigenvalue weighted by molar-refractivity contribution is -0.122. The predicted molar refractivity (Wildman–Crippen MR) is 141 cm³/mol. The van der Waals surface area contributed by atoms with Crippen molar-refractivity contribution in [2.24, 2.45) is 4.99 Å². The molecule has 1 aromatic heterocycles. The zero-order valence-corrected chi connectivity index (χ0v) is 21.1. The first-order valence-electron chi connectivity index (χ1n) is 10.5. The van der Waals surface area contributed by atoms with Crippen LogP contribution in [0, 0.1) is 0 Å². The van der Waals surface area contributed by atoms with Gasteiger partial charge in [-0.05, 0) is 42.2 Å². The summed E-state index contributed by atoms with van der Waals surface area (Å²) in [6, 6.07) is 12.7. The molecule has 0 unspecified atom stereocenters. The molecule has 2 aromatic carbocycles. The maximum absolute atomic E-state index is 12.6. The first-order chi connectivity index (χ1) is 17.2. The first kappa shape index (κ1) is 25.6. The van der Waals surface area contributed by atoms with Crippen LogP contribution in [-0.4, -0.2) is 43.6 Å². The van der Waals surface area contributed by atoms with Crippen LogP contribution in [0.15, 0.2) is 68.0 Å². The highest BCUT2D eigenvalue weighted by atomic mass is 35.5. The maximum Gasteiger partial charge on any atom is 0.328 e. The number of hydrogen-bond donors (Lipinski definition) is 5. The average Bonchev–Trinajstić information content (AvgIpc) is 3.16. The quantitative estimate of drug-likeness (QED) is 0.286. The number of amidine groups is 1. The number of halogens is 1. The first-order valence-corrected chi connectivity index (χ1v) is 13.0. The highest BCUT2D eigenvalue weighted by Crippen LogP contribution is 2.32. The topological polar surface area (TPSA) is 157 Å². The predicted octanol–water partition coefficient (Wildman–Crippen LogP) is 2.85. The molecule has 13 heteroatoms. The lowest BCUT2D eigenvalue weighted by Gasteiger charge is -2.14. The van der Waals surface area contributed by atoms with Gasteiger partial charge in [-0.2, -0.15) is 0 Å². The highest BCUT2D eigenvalue weighted by molar-refractivity contribution is 8.15. The molecule has 1 aliphatic heterocycles. The van der Waals surface area contributed by atoms with Crippen LogP contribution < -0.4 is 21.9 Å². The fraction of sp³-hybridized carbons (Fsp3) is 0.174. The third kappa shape index (κ3) is 6.01. The van der Waals surface area contributed by atoms with Gasteiger partial charge in [-0.1, -0.05) is 41.6 Å². The number of nitrogens with one attached hydrogen (secondary N) is 4. The number of aromatic hydroxyl groups is 1. The van der Waals surface area contributed by atoms with Gasteiger partial charge in [0, 0.05) is 22.0 Å². The van der Waals surface area contributed by atoms with Crippen molar-refractivity contribution in [2.45, 2.75) is 22.6 Å². The number of aromatic nitrogens is 2. The Hall–Kier alpha value is -3.48. The normalized spacial score (nSPS) is 17.1. The Balaban J connectivity index is 1.57. The van der Waals surface area contributed by atoms with E-state index in [0.29, 0.717) is 16.3 Å². The second kappa shape index (κ2) is 11.1. The maximum atomic E-state index is 12.6. The Bertz CT molecular complexity index is 1450. The molecule has 2 atom stereocenters. The molecule has 0 radical (unpaired) electrons. The fourth-order valence-electron chi connectivity index (χ4n) is 3.49. The van der Waals surface area contributed by atoms with Crippen LogP contribution in [0.25, 0.3) is 0 Å². The van der Waals surface area contributed by atoms with Gasteiger partial charge in [0.25, 0.3) is 5.56 Å². The van der Waals surface area contributed by atoms with E-state index in [1.54, 1.807) is 42.1 Å². The number of benzene rings is 2. The number of hydrogen-bond acceptors (Lipinski definition) is 8. The fourth-order valence-corrected chi connectivity index (χ4v) is 5.07. The Morgan fingerprint density at radius 1 is 1.19 bits per heavy atom. The van der Waals surface area contributed by atoms with E-state index in [-0.39, 0.29) is 23.1 Å². The summed E-state index contributed by atoms with van der Waals surface area (Å²) in [5.41, 5.74) is -0.821. The number of thioether (sulfide) groups is 2. The number of aromatic amines is 2. The number of carbonyl (C=O) groups excluding carboxylic acids is 2. The molecule has 3 aromatic rings. The van der Waals surface area contributed by atoms with Gasteiger partial charge in [-0.25, -0.2) is 9.79 Å². The standard InChI is InChI=1S/C23H20ClN5O5S2/c1-35-14-4-2-3-13(9-14)25-16(30)10-15-19(31)29-23(36-15)26-18(11-5-7-12(24)8-6-11)17-20(32)27-22(34)28-21(17)33/h2-9,15,18H,10H2,1H3,(H,25,30)(H,26,29,31)(H3,27,28,32,33,34)/t15-,18+/m0/s1. The van der Waals surface area contributed by atoms with E-state index in [1.807, 2.05) is 24.5 Å². The molecular formula is C23H20ClN5O5S2. The van der Waals surface area contributed by atoms with E-state index in [0.717, 1.165) is 16.7 Å². The summed E-state index contributed by atoms with van der Waals surface area (Å²) in [5, 5.41) is 15.6. The third-order valence-corrected chi connectivity index (χ3v) is 7.24. The molecule has 0 spiro atoms. The Labute approximate surface area is 218 Å². The van der Waals surface area contributed by atoms with Gasteiger partial charge < -0.3 is 15.7 Å². The van der Waals surface area contributed by atoms with Gasteiger partial charge in [0.15, 0.2) is 5.17 Å². The van der Waals surface area contributed by atoms with Gasteiger partial charge in [0.05, 0.1) is 0 Å². The zero-order valence-electron chi connectivity index (χ0n) is 18.7. The molecule has 0 aliphatic carbocycles.